The number of hydrogen-bond acceptors (Lipinski definition) is 8. The number of fused-ring (bicyclic) bond motifs is 1. The normalized spacial score (nSPS) is 15.6. The maximum Gasteiger partial charge on any atom is 0.407 e. The number of amides is 2. The minimum atomic E-state index is -3.61. The highest BCUT2D eigenvalue weighted by Crippen LogP contribution is 2.28. The van der Waals surface area contributed by atoms with Gasteiger partial charge in [0.1, 0.15) is 12.4 Å². The summed E-state index contributed by atoms with van der Waals surface area (Å²) in [6.07, 6.45) is 2.19. The van der Waals surface area contributed by atoms with Crippen molar-refractivity contribution in [2.45, 2.75) is 45.9 Å². The van der Waals surface area contributed by atoms with E-state index in [4.69, 9.17) is 21.3 Å². The first-order valence-electron chi connectivity index (χ1n) is 14.6. The number of rotatable bonds is 10. The molecule has 2 N–H and O–H groups in total. The number of benzene rings is 2. The third kappa shape index (κ3) is 7.48. The van der Waals surface area contributed by atoms with Crippen LogP contribution in [0.4, 0.5) is 16.3 Å². The standard InChI is InChI=1S/C31H36ClN7O5S/c1-5-45(42,43)36-26-12-11-23(32)15-25(26)30(40)37(4)21(3)27-16-28-34-29(20(2)17-39(28)35-27)38-14-13-24(18-38)33-31(41)44-19-22-9-7-6-8-10-22/h6-12,15-17,21,24,36H,5,13-14,18-19H2,1-4H3,(H,33,41)/t21-,24-/m0/s1. The SMILES string of the molecule is CCS(=O)(=O)Nc1ccc(Cl)cc1C(=O)N(C)[C@@H](C)c1cc2nc(N3CC[C@H](NC(=O)OCc4ccccc4)C3)c(C)cn2n1. The third-order valence-electron chi connectivity index (χ3n) is 7.83. The molecule has 1 fully saturated rings. The second-order valence-electron chi connectivity index (χ2n) is 11.0. The molecule has 45 heavy (non-hydrogen) atoms. The molecule has 1 aliphatic rings. The molecule has 3 heterocycles. The van der Waals surface area contributed by atoms with Crippen molar-refractivity contribution in [1.82, 2.24) is 24.8 Å². The number of anilines is 2. The van der Waals surface area contributed by atoms with Crippen molar-refractivity contribution in [3.8, 4) is 0 Å². The number of ether oxygens (including phenoxy) is 1. The first-order valence-corrected chi connectivity index (χ1v) is 16.6. The zero-order valence-electron chi connectivity index (χ0n) is 25.5. The summed E-state index contributed by atoms with van der Waals surface area (Å²) in [5.41, 5.74) is 3.34. The predicted octanol–water partition coefficient (Wildman–Crippen LogP) is 4.79. The molecule has 0 radical (unpaired) electrons. The van der Waals surface area contributed by atoms with Crippen LogP contribution in [0.2, 0.25) is 5.02 Å². The Morgan fingerprint density at radius 3 is 2.67 bits per heavy atom. The molecule has 0 aliphatic carbocycles. The fourth-order valence-corrected chi connectivity index (χ4v) is 5.96. The molecule has 12 nitrogen and oxygen atoms in total. The van der Waals surface area contributed by atoms with E-state index in [1.54, 1.807) is 11.6 Å². The molecule has 5 rings (SSSR count). The van der Waals surface area contributed by atoms with Crippen LogP contribution in [0.15, 0.2) is 60.8 Å². The lowest BCUT2D eigenvalue weighted by molar-refractivity contribution is 0.0740. The number of hydrogen-bond donors (Lipinski definition) is 2. The zero-order chi connectivity index (χ0) is 32.3. The molecule has 4 aromatic rings. The highest BCUT2D eigenvalue weighted by Gasteiger charge is 2.28. The molecular weight excluding hydrogens is 618 g/mol. The van der Waals surface area contributed by atoms with E-state index in [9.17, 15) is 18.0 Å². The van der Waals surface area contributed by atoms with Crippen molar-refractivity contribution >= 4 is 50.8 Å². The van der Waals surface area contributed by atoms with Gasteiger partial charge >= 0.3 is 6.09 Å². The van der Waals surface area contributed by atoms with Crippen molar-refractivity contribution in [2.24, 2.45) is 0 Å². The summed E-state index contributed by atoms with van der Waals surface area (Å²) in [7, 11) is -1.99. The monoisotopic (exact) mass is 653 g/mol. The van der Waals surface area contributed by atoms with Gasteiger partial charge in [-0.3, -0.25) is 9.52 Å². The van der Waals surface area contributed by atoms with E-state index in [0.717, 1.165) is 23.4 Å². The van der Waals surface area contributed by atoms with E-state index < -0.39 is 28.1 Å². The Bertz CT molecular complexity index is 1820. The van der Waals surface area contributed by atoms with Gasteiger partial charge in [-0.1, -0.05) is 41.9 Å². The quantitative estimate of drug-likeness (QED) is 0.249. The zero-order valence-corrected chi connectivity index (χ0v) is 27.1. The molecule has 2 amide bonds. The van der Waals surface area contributed by atoms with E-state index in [2.05, 4.69) is 20.0 Å². The van der Waals surface area contributed by atoms with E-state index in [-0.39, 0.29) is 29.7 Å². The Morgan fingerprint density at radius 2 is 1.93 bits per heavy atom. The van der Waals surface area contributed by atoms with Gasteiger partial charge < -0.3 is 19.9 Å². The molecule has 2 aromatic carbocycles. The lowest BCUT2D eigenvalue weighted by atomic mass is 10.1. The number of carbonyl (C=O) groups is 2. The van der Waals surface area contributed by atoms with Gasteiger partial charge in [-0.2, -0.15) is 5.10 Å². The van der Waals surface area contributed by atoms with Crippen LogP contribution in [0.3, 0.4) is 0 Å². The molecule has 14 heteroatoms. The number of sulfonamides is 1. The Balaban J connectivity index is 1.27. The second kappa shape index (κ2) is 13.3. The number of nitrogens with one attached hydrogen (secondary N) is 2. The van der Waals surface area contributed by atoms with Crippen molar-refractivity contribution in [1.29, 1.82) is 0 Å². The van der Waals surface area contributed by atoms with E-state index in [1.807, 2.05) is 56.4 Å². The summed E-state index contributed by atoms with van der Waals surface area (Å²) in [6.45, 7) is 6.81. The van der Waals surface area contributed by atoms with E-state index in [0.29, 0.717) is 29.5 Å². The Kier molecular flexibility index (Phi) is 9.49. The van der Waals surface area contributed by atoms with Crippen LogP contribution in [0.1, 0.15) is 53.5 Å². The van der Waals surface area contributed by atoms with Crippen molar-refractivity contribution in [3.63, 3.8) is 0 Å². The van der Waals surface area contributed by atoms with E-state index >= 15 is 0 Å². The summed E-state index contributed by atoms with van der Waals surface area (Å²) in [6, 6.07) is 15.3. The maximum absolute atomic E-state index is 13.6. The first kappa shape index (κ1) is 32.0. The molecule has 2 atom stereocenters. The molecule has 0 spiro atoms. The number of aryl methyl sites for hydroxylation is 1. The van der Waals surface area contributed by atoms with Crippen LogP contribution in [0.5, 0.6) is 0 Å². The largest absolute Gasteiger partial charge is 0.445 e. The average molecular weight is 654 g/mol. The van der Waals surface area contributed by atoms with Crippen molar-refractivity contribution < 1.29 is 22.7 Å². The second-order valence-corrected chi connectivity index (χ2v) is 13.5. The first-order chi connectivity index (χ1) is 21.4. The smallest absolute Gasteiger partial charge is 0.407 e. The summed E-state index contributed by atoms with van der Waals surface area (Å²) >= 11 is 6.17. The Labute approximate surface area is 267 Å². The Morgan fingerprint density at radius 1 is 1.18 bits per heavy atom. The van der Waals surface area contributed by atoms with Gasteiger partial charge in [0.2, 0.25) is 10.0 Å². The van der Waals surface area contributed by atoms with Crippen LogP contribution >= 0.6 is 11.6 Å². The van der Waals surface area contributed by atoms with Gasteiger partial charge in [0.25, 0.3) is 5.91 Å². The summed E-state index contributed by atoms with van der Waals surface area (Å²) in [5.74, 6) is 0.236. The van der Waals surface area contributed by atoms with E-state index in [1.165, 1.54) is 30.0 Å². The van der Waals surface area contributed by atoms with Gasteiger partial charge in [-0.05, 0) is 51.0 Å². The number of carbonyl (C=O) groups excluding carboxylic acids is 2. The number of halogens is 1. The predicted molar refractivity (Wildman–Crippen MR) is 173 cm³/mol. The number of nitrogens with zero attached hydrogens (tertiary/aromatic N) is 5. The molecule has 2 aromatic heterocycles. The molecule has 238 valence electrons. The summed E-state index contributed by atoms with van der Waals surface area (Å²) in [5, 5.41) is 7.94. The molecule has 0 unspecified atom stereocenters. The van der Waals surface area contributed by atoms with Crippen LogP contribution in [-0.2, 0) is 21.4 Å². The summed E-state index contributed by atoms with van der Waals surface area (Å²) in [4.78, 5) is 34.4. The maximum atomic E-state index is 13.6. The lowest BCUT2D eigenvalue weighted by Crippen LogP contribution is -2.37. The molecule has 0 bridgehead atoms. The minimum absolute atomic E-state index is 0.0796. The topological polar surface area (TPSA) is 138 Å². The Hall–Kier alpha value is -4.36. The van der Waals surface area contributed by atoms with Gasteiger partial charge in [-0.15, -0.1) is 0 Å². The highest BCUT2D eigenvalue weighted by molar-refractivity contribution is 7.92. The third-order valence-corrected chi connectivity index (χ3v) is 9.36. The highest BCUT2D eigenvalue weighted by atomic mass is 35.5. The average Bonchev–Trinajstić information content (AvgIpc) is 3.66. The lowest BCUT2D eigenvalue weighted by Gasteiger charge is -2.25. The fourth-order valence-electron chi connectivity index (χ4n) is 5.13. The fraction of sp³-hybridized carbons (Fsp3) is 0.355. The molecule has 1 saturated heterocycles. The number of alkyl carbamates (subject to hydrolysis) is 1. The van der Waals surface area contributed by atoms with Gasteiger partial charge in [0.05, 0.1) is 34.8 Å². The number of aromatic nitrogens is 3. The summed E-state index contributed by atoms with van der Waals surface area (Å²) < 4.78 is 34.0. The van der Waals surface area contributed by atoms with Crippen molar-refractivity contribution in [3.05, 3.63) is 88.2 Å². The molecule has 1 aliphatic heterocycles. The van der Waals surface area contributed by atoms with Crippen molar-refractivity contribution in [2.75, 3.05) is 35.5 Å². The van der Waals surface area contributed by atoms with Crippen LogP contribution in [-0.4, -0.2) is 71.8 Å². The minimum Gasteiger partial charge on any atom is -0.445 e. The van der Waals surface area contributed by atoms with Gasteiger partial charge in [0.15, 0.2) is 5.65 Å². The molecule has 0 saturated carbocycles. The van der Waals surface area contributed by atoms with Gasteiger partial charge in [-0.25, -0.2) is 22.7 Å². The van der Waals surface area contributed by atoms with Gasteiger partial charge in [0, 0.05) is 43.0 Å². The molecular formula is C31H36ClN7O5S. The van der Waals surface area contributed by atoms with Crippen LogP contribution in [0.25, 0.3) is 5.65 Å². The van der Waals surface area contributed by atoms with Crippen LogP contribution in [0, 0.1) is 6.92 Å². The van der Waals surface area contributed by atoms with Crippen LogP contribution < -0.4 is 14.9 Å².